The fourth-order valence-corrected chi connectivity index (χ4v) is 4.23. The van der Waals surface area contributed by atoms with E-state index in [4.69, 9.17) is 0 Å². The highest BCUT2D eigenvalue weighted by Gasteiger charge is 2.35. The Bertz CT molecular complexity index is 803. The highest BCUT2D eigenvalue weighted by atomic mass is 19.4. The van der Waals surface area contributed by atoms with E-state index < -0.39 is 11.9 Å². The third-order valence-corrected chi connectivity index (χ3v) is 5.37. The molecule has 2 N–H and O–H groups in total. The van der Waals surface area contributed by atoms with Gasteiger partial charge in [0.1, 0.15) is 5.69 Å². The van der Waals surface area contributed by atoms with E-state index in [0.29, 0.717) is 35.8 Å². The lowest BCUT2D eigenvalue weighted by Gasteiger charge is -2.28. The van der Waals surface area contributed by atoms with Crippen molar-refractivity contribution in [2.24, 2.45) is 5.92 Å². The summed E-state index contributed by atoms with van der Waals surface area (Å²) in [5, 5.41) is 10.1. The summed E-state index contributed by atoms with van der Waals surface area (Å²) in [4.78, 5) is 12.3. The van der Waals surface area contributed by atoms with Crippen molar-refractivity contribution in [2.75, 3.05) is 5.32 Å². The third kappa shape index (κ3) is 4.00. The van der Waals surface area contributed by atoms with E-state index in [2.05, 4.69) is 15.7 Å². The maximum Gasteiger partial charge on any atom is 0.433 e. The molecule has 5 nitrogen and oxygen atoms in total. The monoisotopic (exact) mass is 378 g/mol. The van der Waals surface area contributed by atoms with Crippen LogP contribution in [0.2, 0.25) is 0 Å². The molecule has 4 rings (SSSR count). The van der Waals surface area contributed by atoms with Gasteiger partial charge in [0, 0.05) is 24.2 Å². The molecule has 2 aliphatic heterocycles. The van der Waals surface area contributed by atoms with Crippen LogP contribution in [0.3, 0.4) is 0 Å². The smallest absolute Gasteiger partial charge is 0.326 e. The van der Waals surface area contributed by atoms with Crippen molar-refractivity contribution in [1.29, 1.82) is 0 Å². The van der Waals surface area contributed by atoms with Gasteiger partial charge in [0.2, 0.25) is 5.91 Å². The molecule has 3 heterocycles. The molecule has 0 radical (unpaired) electrons. The first-order chi connectivity index (χ1) is 12.9. The number of hydrogen-bond acceptors (Lipinski definition) is 3. The number of halogens is 3. The lowest BCUT2D eigenvalue weighted by Crippen LogP contribution is -2.39. The molecule has 1 aromatic heterocycles. The summed E-state index contributed by atoms with van der Waals surface area (Å²) >= 11 is 0. The van der Waals surface area contributed by atoms with Crippen molar-refractivity contribution < 1.29 is 18.0 Å². The second-order valence-electron chi connectivity index (χ2n) is 7.40. The molecule has 0 spiro atoms. The van der Waals surface area contributed by atoms with Crippen LogP contribution in [0.15, 0.2) is 36.5 Å². The van der Waals surface area contributed by atoms with E-state index in [0.717, 1.165) is 29.8 Å². The van der Waals surface area contributed by atoms with E-state index in [1.807, 2.05) is 0 Å². The summed E-state index contributed by atoms with van der Waals surface area (Å²) in [7, 11) is 0. The summed E-state index contributed by atoms with van der Waals surface area (Å²) in [6.07, 6.45) is 1.57. The second kappa shape index (κ2) is 6.99. The fourth-order valence-electron chi connectivity index (χ4n) is 4.23. The van der Waals surface area contributed by atoms with Crippen LogP contribution in [0.5, 0.6) is 0 Å². The number of piperidine rings is 1. The molecule has 2 saturated heterocycles. The van der Waals surface area contributed by atoms with Gasteiger partial charge >= 0.3 is 6.18 Å². The Kier molecular flexibility index (Phi) is 4.67. The zero-order valence-corrected chi connectivity index (χ0v) is 14.7. The molecule has 0 saturated carbocycles. The molecule has 1 amide bonds. The summed E-state index contributed by atoms with van der Waals surface area (Å²) in [5.41, 5.74) is 0.0291. The highest BCUT2D eigenvalue weighted by molar-refractivity contribution is 5.90. The molecule has 0 aliphatic carbocycles. The molecule has 2 unspecified atom stereocenters. The van der Waals surface area contributed by atoms with Gasteiger partial charge < -0.3 is 10.6 Å². The Hall–Kier alpha value is -2.35. The molecule has 2 aliphatic rings. The van der Waals surface area contributed by atoms with Crippen LogP contribution >= 0.6 is 0 Å². The van der Waals surface area contributed by atoms with Crippen molar-refractivity contribution in [3.8, 4) is 5.69 Å². The number of rotatable bonds is 4. The standard InChI is InChI=1S/C19H21F3N4O/c20-19(21,22)17-7-8-23-26(17)16-5-3-13(4-6-16)25-18(27)11-12-9-14-1-2-15(10-12)24-14/h3-8,12,14-15,24H,1-2,9-11H2,(H,25,27). The largest absolute Gasteiger partial charge is 0.433 e. The molecule has 2 fully saturated rings. The Balaban J connectivity index is 1.38. The molecule has 144 valence electrons. The quantitative estimate of drug-likeness (QED) is 0.852. The van der Waals surface area contributed by atoms with Crippen LogP contribution in [0.25, 0.3) is 5.69 Å². The maximum atomic E-state index is 13.0. The van der Waals surface area contributed by atoms with Crippen LogP contribution in [-0.4, -0.2) is 27.8 Å². The van der Waals surface area contributed by atoms with Gasteiger partial charge in [-0.25, -0.2) is 4.68 Å². The predicted octanol–water partition coefficient (Wildman–Crippen LogP) is 3.75. The number of carbonyl (C=O) groups excluding carboxylic acids is 1. The third-order valence-electron chi connectivity index (χ3n) is 5.37. The number of aromatic nitrogens is 2. The minimum absolute atomic E-state index is 0.0517. The zero-order valence-electron chi connectivity index (χ0n) is 14.7. The molecule has 2 bridgehead atoms. The van der Waals surface area contributed by atoms with Gasteiger partial charge in [-0.05, 0) is 61.9 Å². The SMILES string of the molecule is O=C(CC1CC2CCC(C1)N2)Nc1ccc(-n2nccc2C(F)(F)F)cc1. The Morgan fingerprint density at radius 3 is 2.44 bits per heavy atom. The minimum atomic E-state index is -4.47. The number of nitrogens with one attached hydrogen (secondary N) is 2. The van der Waals surface area contributed by atoms with Crippen LogP contribution in [-0.2, 0) is 11.0 Å². The van der Waals surface area contributed by atoms with Crippen molar-refractivity contribution in [3.05, 3.63) is 42.2 Å². The number of nitrogens with zero attached hydrogens (tertiary/aromatic N) is 2. The normalized spacial score (nSPS) is 24.8. The highest BCUT2D eigenvalue weighted by Crippen LogP contribution is 2.33. The van der Waals surface area contributed by atoms with Gasteiger partial charge in [-0.1, -0.05) is 0 Å². The maximum absolute atomic E-state index is 13.0. The lowest BCUT2D eigenvalue weighted by molar-refractivity contribution is -0.142. The molecular formula is C19H21F3N4O. The van der Waals surface area contributed by atoms with Gasteiger partial charge in [-0.3, -0.25) is 4.79 Å². The molecule has 27 heavy (non-hydrogen) atoms. The Morgan fingerprint density at radius 1 is 1.15 bits per heavy atom. The summed E-state index contributed by atoms with van der Waals surface area (Å²) in [6, 6.07) is 8.24. The van der Waals surface area contributed by atoms with Gasteiger partial charge in [-0.15, -0.1) is 0 Å². The number of anilines is 1. The van der Waals surface area contributed by atoms with Gasteiger partial charge in [0.05, 0.1) is 11.9 Å². The number of benzene rings is 1. The van der Waals surface area contributed by atoms with Gasteiger partial charge in [0.15, 0.2) is 0 Å². The summed E-state index contributed by atoms with van der Waals surface area (Å²) < 4.78 is 39.8. The van der Waals surface area contributed by atoms with Crippen molar-refractivity contribution in [2.45, 2.75) is 50.4 Å². The van der Waals surface area contributed by atoms with E-state index in [1.54, 1.807) is 12.1 Å². The number of fused-ring (bicyclic) bond motifs is 2. The van der Waals surface area contributed by atoms with E-state index in [-0.39, 0.29) is 5.91 Å². The van der Waals surface area contributed by atoms with Crippen molar-refractivity contribution in [1.82, 2.24) is 15.1 Å². The predicted molar refractivity (Wildman–Crippen MR) is 94.5 cm³/mol. The first kappa shape index (κ1) is 18.0. The average molecular weight is 378 g/mol. The van der Waals surface area contributed by atoms with Crippen molar-refractivity contribution >= 4 is 11.6 Å². The number of alkyl halides is 3. The number of carbonyl (C=O) groups is 1. The average Bonchev–Trinajstić information content (AvgIpc) is 3.22. The minimum Gasteiger partial charge on any atom is -0.326 e. The number of amides is 1. The van der Waals surface area contributed by atoms with Gasteiger partial charge in [0.25, 0.3) is 0 Å². The molecule has 8 heteroatoms. The second-order valence-corrected chi connectivity index (χ2v) is 7.40. The Morgan fingerprint density at radius 2 is 1.81 bits per heavy atom. The van der Waals surface area contributed by atoms with Crippen LogP contribution < -0.4 is 10.6 Å². The van der Waals surface area contributed by atoms with E-state index in [9.17, 15) is 18.0 Å². The molecule has 2 atom stereocenters. The van der Waals surface area contributed by atoms with Crippen LogP contribution in [0, 0.1) is 5.92 Å². The van der Waals surface area contributed by atoms with E-state index >= 15 is 0 Å². The topological polar surface area (TPSA) is 59.0 Å². The summed E-state index contributed by atoms with van der Waals surface area (Å²) in [5.74, 6) is 0.338. The molecule has 2 aromatic rings. The van der Waals surface area contributed by atoms with Crippen LogP contribution in [0.4, 0.5) is 18.9 Å². The van der Waals surface area contributed by atoms with Crippen molar-refractivity contribution in [3.63, 3.8) is 0 Å². The number of hydrogen-bond donors (Lipinski definition) is 2. The molecule has 1 aromatic carbocycles. The first-order valence-corrected chi connectivity index (χ1v) is 9.16. The lowest BCUT2D eigenvalue weighted by atomic mass is 9.89. The zero-order chi connectivity index (χ0) is 19.0. The first-order valence-electron chi connectivity index (χ1n) is 9.16. The van der Waals surface area contributed by atoms with Gasteiger partial charge in [-0.2, -0.15) is 18.3 Å². The van der Waals surface area contributed by atoms with E-state index in [1.165, 1.54) is 25.0 Å². The summed E-state index contributed by atoms with van der Waals surface area (Å²) in [6.45, 7) is 0. The fraction of sp³-hybridized carbons (Fsp3) is 0.474. The Labute approximate surface area is 154 Å². The van der Waals surface area contributed by atoms with Crippen LogP contribution in [0.1, 0.15) is 37.8 Å². The molecular weight excluding hydrogens is 357 g/mol.